The fraction of sp³-hybridized carbons (Fsp3) is 0.280. The van der Waals surface area contributed by atoms with Crippen molar-refractivity contribution in [3.05, 3.63) is 69.4 Å². The first kappa shape index (κ1) is 25.4. The lowest BCUT2D eigenvalue weighted by molar-refractivity contribution is 0.0946. The molecule has 186 valence electrons. The van der Waals surface area contributed by atoms with Gasteiger partial charge in [0.25, 0.3) is 5.91 Å². The highest BCUT2D eigenvalue weighted by molar-refractivity contribution is 7.15. The van der Waals surface area contributed by atoms with Crippen molar-refractivity contribution in [1.29, 1.82) is 5.26 Å². The predicted octanol–water partition coefficient (Wildman–Crippen LogP) is 5.10. The minimum absolute atomic E-state index is 0.107. The van der Waals surface area contributed by atoms with Gasteiger partial charge in [-0.2, -0.15) is 5.26 Å². The van der Waals surface area contributed by atoms with Crippen LogP contribution in [0.3, 0.4) is 0 Å². The molecule has 2 amide bonds. The molecule has 0 aliphatic carbocycles. The molecule has 0 bridgehead atoms. The molecule has 0 saturated carbocycles. The molecule has 2 aliphatic rings. The van der Waals surface area contributed by atoms with Gasteiger partial charge in [-0.1, -0.05) is 23.7 Å². The van der Waals surface area contributed by atoms with Crippen LogP contribution in [-0.4, -0.2) is 46.2 Å². The number of aromatic nitrogens is 1. The van der Waals surface area contributed by atoms with Gasteiger partial charge < -0.3 is 20.1 Å². The van der Waals surface area contributed by atoms with Gasteiger partial charge in [0, 0.05) is 18.1 Å². The van der Waals surface area contributed by atoms with Crippen LogP contribution in [0.15, 0.2) is 42.6 Å². The minimum atomic E-state index is -0.792. The van der Waals surface area contributed by atoms with E-state index < -0.39 is 11.7 Å². The zero-order valence-electron chi connectivity index (χ0n) is 19.0. The Hall–Kier alpha value is -3.68. The molecule has 2 N–H and O–H groups in total. The van der Waals surface area contributed by atoms with Gasteiger partial charge in [0.05, 0.1) is 23.4 Å². The average Bonchev–Trinajstić information content (AvgIpc) is 3.52. The second-order valence-electron chi connectivity index (χ2n) is 8.22. The third kappa shape index (κ3) is 5.93. The predicted molar refractivity (Wildman–Crippen MR) is 132 cm³/mol. The van der Waals surface area contributed by atoms with Gasteiger partial charge in [-0.25, -0.2) is 14.2 Å². The van der Waals surface area contributed by atoms with Crippen LogP contribution in [0.25, 0.3) is 10.6 Å². The maximum Gasteiger partial charge on any atom is 0.410 e. The van der Waals surface area contributed by atoms with Crippen molar-refractivity contribution in [1.82, 2.24) is 15.2 Å². The van der Waals surface area contributed by atoms with E-state index in [1.807, 2.05) is 11.0 Å². The van der Waals surface area contributed by atoms with Crippen molar-refractivity contribution >= 4 is 34.9 Å². The van der Waals surface area contributed by atoms with Crippen LogP contribution in [-0.2, 0) is 11.3 Å². The molecule has 0 radical (unpaired) electrons. The number of carbonyl (C=O) groups excluding carboxylic acids is 2. The summed E-state index contributed by atoms with van der Waals surface area (Å²) in [6.45, 7) is 1.72. The Kier molecular flexibility index (Phi) is 8.03. The Labute approximate surface area is 215 Å². The summed E-state index contributed by atoms with van der Waals surface area (Å²) >= 11 is 6.82. The molecule has 1 aromatic heterocycles. The lowest BCUT2D eigenvalue weighted by Crippen LogP contribution is -2.37. The maximum atomic E-state index is 14.4. The first-order chi connectivity index (χ1) is 17.4. The number of piperidine rings is 1. The van der Waals surface area contributed by atoms with E-state index in [4.69, 9.17) is 21.6 Å². The zero-order valence-corrected chi connectivity index (χ0v) is 20.6. The molecule has 2 saturated heterocycles. The van der Waals surface area contributed by atoms with Crippen LogP contribution in [0.5, 0.6) is 5.75 Å². The monoisotopic (exact) mass is 528 g/mol. The number of amides is 2. The van der Waals surface area contributed by atoms with Crippen molar-refractivity contribution in [3.63, 3.8) is 0 Å². The molecular weight excluding hydrogens is 507 g/mol. The van der Waals surface area contributed by atoms with E-state index in [0.717, 1.165) is 48.4 Å². The number of nitrogens with one attached hydrogen (secondary N) is 1. The maximum absolute atomic E-state index is 14.4. The summed E-state index contributed by atoms with van der Waals surface area (Å²) in [4.78, 5) is 29.3. The Bertz CT molecular complexity index is 1310. The summed E-state index contributed by atoms with van der Waals surface area (Å²) in [5.74, 6) is -1.74. The second kappa shape index (κ2) is 11.4. The lowest BCUT2D eigenvalue weighted by Gasteiger charge is -2.25. The SMILES string of the molecule is N#Cc1cnc(-c2cc(F)c(C(=O)NCc3ccc(Cl)cc3)cc2O)s1.O=C1OC[C@@H]2CCCCN12. The number of phenolic OH excluding ortho intramolecular Hbond substituents is 1. The average molecular weight is 529 g/mol. The largest absolute Gasteiger partial charge is 0.507 e. The molecule has 11 heteroatoms. The van der Waals surface area contributed by atoms with Gasteiger partial charge in [0.2, 0.25) is 0 Å². The highest BCUT2D eigenvalue weighted by Gasteiger charge is 2.34. The Morgan fingerprint density at radius 1 is 1.33 bits per heavy atom. The highest BCUT2D eigenvalue weighted by Crippen LogP contribution is 2.34. The van der Waals surface area contributed by atoms with Crippen molar-refractivity contribution < 1.29 is 23.8 Å². The zero-order chi connectivity index (χ0) is 25.7. The van der Waals surface area contributed by atoms with E-state index in [-0.39, 0.29) is 29.5 Å². The van der Waals surface area contributed by atoms with Crippen molar-refractivity contribution in [2.45, 2.75) is 31.8 Å². The van der Waals surface area contributed by atoms with Crippen molar-refractivity contribution in [2.24, 2.45) is 0 Å². The fourth-order valence-electron chi connectivity index (χ4n) is 3.90. The van der Waals surface area contributed by atoms with Crippen LogP contribution >= 0.6 is 22.9 Å². The molecule has 8 nitrogen and oxygen atoms in total. The molecule has 1 atom stereocenters. The lowest BCUT2D eigenvalue weighted by atomic mass is 10.0. The third-order valence-electron chi connectivity index (χ3n) is 5.80. The molecule has 0 spiro atoms. The summed E-state index contributed by atoms with van der Waals surface area (Å²) < 4.78 is 19.2. The number of aromatic hydroxyl groups is 1. The number of cyclic esters (lactones) is 1. The summed E-state index contributed by atoms with van der Waals surface area (Å²) in [5, 5.41) is 22.4. The summed E-state index contributed by atoms with van der Waals surface area (Å²) in [7, 11) is 0. The van der Waals surface area contributed by atoms with Gasteiger partial charge in [-0.05, 0) is 49.1 Å². The molecule has 2 aromatic carbocycles. The van der Waals surface area contributed by atoms with Crippen LogP contribution in [0.1, 0.15) is 40.1 Å². The number of fused-ring (bicyclic) bond motifs is 1. The normalized spacial score (nSPS) is 16.3. The summed E-state index contributed by atoms with van der Waals surface area (Å²) in [5.41, 5.74) is 0.649. The number of halogens is 2. The van der Waals surface area contributed by atoms with Crippen LogP contribution in [0.4, 0.5) is 9.18 Å². The van der Waals surface area contributed by atoms with E-state index >= 15 is 0 Å². The number of hydrogen-bond acceptors (Lipinski definition) is 7. The molecule has 3 heterocycles. The number of nitrogens with zero attached hydrogens (tertiary/aromatic N) is 3. The number of carbonyl (C=O) groups is 2. The summed E-state index contributed by atoms with van der Waals surface area (Å²) in [6, 6.07) is 11.3. The smallest absolute Gasteiger partial charge is 0.410 e. The van der Waals surface area contributed by atoms with Crippen LogP contribution in [0, 0.1) is 17.1 Å². The Morgan fingerprint density at radius 2 is 2.11 bits per heavy atom. The van der Waals surface area contributed by atoms with E-state index in [1.165, 1.54) is 12.6 Å². The van der Waals surface area contributed by atoms with Crippen LogP contribution < -0.4 is 5.32 Å². The Balaban J connectivity index is 0.000000251. The number of ether oxygens (including phenoxy) is 1. The number of thiazole rings is 1. The first-order valence-electron chi connectivity index (χ1n) is 11.2. The summed E-state index contributed by atoms with van der Waals surface area (Å²) in [6.07, 6.45) is 4.75. The van der Waals surface area contributed by atoms with E-state index in [2.05, 4.69) is 10.3 Å². The molecule has 2 fully saturated rings. The van der Waals surface area contributed by atoms with E-state index in [9.17, 15) is 19.1 Å². The van der Waals surface area contributed by atoms with E-state index in [1.54, 1.807) is 24.3 Å². The highest BCUT2D eigenvalue weighted by atomic mass is 35.5. The Morgan fingerprint density at radius 3 is 2.81 bits per heavy atom. The van der Waals surface area contributed by atoms with Crippen LogP contribution in [0.2, 0.25) is 5.02 Å². The quantitative estimate of drug-likeness (QED) is 0.486. The number of hydrogen-bond donors (Lipinski definition) is 2. The van der Waals surface area contributed by atoms with Crippen molar-refractivity contribution in [2.75, 3.05) is 13.2 Å². The third-order valence-corrected chi connectivity index (χ3v) is 6.99. The molecule has 5 rings (SSSR count). The second-order valence-corrected chi connectivity index (χ2v) is 9.69. The molecule has 3 aromatic rings. The fourth-order valence-corrected chi connectivity index (χ4v) is 4.77. The standard InChI is InChI=1S/C18H11ClFN3O2S.C7H11NO2/c19-11-3-1-10(2-4-11)8-22-17(25)13-6-16(24)14(5-15(13)20)18-23-9-12(7-21)26-18;9-7-8-4-2-1-3-6(8)5-10-7/h1-6,9,24H,8H2,(H,22,25);6H,1-5H2/t;6-/m.0/s1. The number of nitriles is 1. The van der Waals surface area contributed by atoms with Gasteiger partial charge >= 0.3 is 6.09 Å². The van der Waals surface area contributed by atoms with Crippen molar-refractivity contribution in [3.8, 4) is 22.4 Å². The van der Waals surface area contributed by atoms with Gasteiger partial charge in [0.15, 0.2) is 0 Å². The van der Waals surface area contributed by atoms with Gasteiger partial charge in [-0.3, -0.25) is 4.79 Å². The molecular formula is C25H22ClFN4O4S. The number of benzene rings is 2. The minimum Gasteiger partial charge on any atom is -0.507 e. The number of rotatable bonds is 4. The van der Waals surface area contributed by atoms with Gasteiger partial charge in [-0.15, -0.1) is 11.3 Å². The molecule has 0 unspecified atom stereocenters. The van der Waals surface area contributed by atoms with Gasteiger partial charge in [0.1, 0.15) is 34.1 Å². The van der Waals surface area contributed by atoms with E-state index in [0.29, 0.717) is 27.6 Å². The molecule has 36 heavy (non-hydrogen) atoms. The topological polar surface area (TPSA) is 116 Å². The number of phenols is 1. The first-order valence-corrected chi connectivity index (χ1v) is 12.4. The molecule has 2 aliphatic heterocycles.